The summed E-state index contributed by atoms with van der Waals surface area (Å²) in [6.45, 7) is 6.39. The van der Waals surface area contributed by atoms with Crippen LogP contribution in [0, 0.1) is 5.41 Å². The minimum atomic E-state index is -4.44. The van der Waals surface area contributed by atoms with Crippen molar-refractivity contribution in [3.05, 3.63) is 16.1 Å². The van der Waals surface area contributed by atoms with Crippen molar-refractivity contribution in [2.75, 3.05) is 13.2 Å². The van der Waals surface area contributed by atoms with Gasteiger partial charge in [0.05, 0.1) is 11.1 Å². The van der Waals surface area contributed by atoms with Gasteiger partial charge in [-0.15, -0.1) is 23.7 Å². The predicted octanol–water partition coefficient (Wildman–Crippen LogP) is 2.77. The van der Waals surface area contributed by atoms with Gasteiger partial charge in [-0.1, -0.05) is 13.8 Å². The molecule has 1 aliphatic carbocycles. The highest BCUT2D eigenvalue weighted by Crippen LogP contribution is 2.49. The van der Waals surface area contributed by atoms with E-state index in [1.165, 1.54) is 0 Å². The number of carbonyl (C=O) groups is 1. The van der Waals surface area contributed by atoms with Crippen molar-refractivity contribution in [2.24, 2.45) is 11.1 Å². The molecule has 1 aliphatic rings. The van der Waals surface area contributed by atoms with Crippen molar-refractivity contribution < 1.29 is 22.7 Å². The highest BCUT2D eigenvalue weighted by molar-refractivity contribution is 7.09. The van der Waals surface area contributed by atoms with Crippen molar-refractivity contribution in [1.29, 1.82) is 0 Å². The second-order valence-electron chi connectivity index (χ2n) is 6.47. The SMILES string of the molecule is CCOC1CC(N)(C(=O)NCCc2nc(C(F)(F)F)cs2)C1(C)C.Cl. The van der Waals surface area contributed by atoms with E-state index in [9.17, 15) is 18.0 Å². The van der Waals surface area contributed by atoms with E-state index in [0.29, 0.717) is 18.0 Å². The first-order chi connectivity index (χ1) is 11.0. The third-order valence-electron chi connectivity index (χ3n) is 4.70. The monoisotopic (exact) mass is 401 g/mol. The van der Waals surface area contributed by atoms with Crippen LogP contribution in [0.4, 0.5) is 13.2 Å². The summed E-state index contributed by atoms with van der Waals surface area (Å²) in [5.41, 5.74) is 3.80. The molecule has 1 aromatic heterocycles. The smallest absolute Gasteiger partial charge is 0.378 e. The van der Waals surface area contributed by atoms with E-state index in [0.717, 1.165) is 16.7 Å². The Morgan fingerprint density at radius 3 is 2.64 bits per heavy atom. The highest BCUT2D eigenvalue weighted by Gasteiger charge is 2.62. The minimum absolute atomic E-state index is 0. The van der Waals surface area contributed by atoms with E-state index >= 15 is 0 Å². The molecule has 1 amide bonds. The van der Waals surface area contributed by atoms with Gasteiger partial charge in [0.2, 0.25) is 5.91 Å². The third-order valence-corrected chi connectivity index (χ3v) is 5.61. The van der Waals surface area contributed by atoms with Crippen LogP contribution in [-0.2, 0) is 22.1 Å². The van der Waals surface area contributed by atoms with Crippen molar-refractivity contribution in [1.82, 2.24) is 10.3 Å². The number of nitrogens with two attached hydrogens (primary N) is 1. The molecule has 2 unspecified atom stereocenters. The Kier molecular flexibility index (Phi) is 6.88. The molecule has 5 nitrogen and oxygen atoms in total. The van der Waals surface area contributed by atoms with Crippen LogP contribution in [0.2, 0.25) is 0 Å². The van der Waals surface area contributed by atoms with Gasteiger partial charge >= 0.3 is 6.18 Å². The topological polar surface area (TPSA) is 77.2 Å². The number of carbonyl (C=O) groups excluding carboxylic acids is 1. The number of nitrogens with zero attached hydrogens (tertiary/aromatic N) is 1. The minimum Gasteiger partial charge on any atom is -0.378 e. The zero-order valence-electron chi connectivity index (χ0n) is 14.3. The number of hydrogen-bond donors (Lipinski definition) is 2. The molecule has 3 N–H and O–H groups in total. The zero-order valence-corrected chi connectivity index (χ0v) is 15.9. The van der Waals surface area contributed by atoms with Crippen LogP contribution >= 0.6 is 23.7 Å². The molecule has 0 aliphatic heterocycles. The molecule has 1 heterocycles. The summed E-state index contributed by atoms with van der Waals surface area (Å²) < 4.78 is 43.0. The number of thiazole rings is 1. The molecular weight excluding hydrogens is 379 g/mol. The van der Waals surface area contributed by atoms with Crippen molar-refractivity contribution in [2.45, 2.75) is 51.4 Å². The van der Waals surface area contributed by atoms with E-state index in [4.69, 9.17) is 10.5 Å². The van der Waals surface area contributed by atoms with Gasteiger partial charge in [0.1, 0.15) is 5.54 Å². The van der Waals surface area contributed by atoms with Gasteiger partial charge in [-0.3, -0.25) is 4.79 Å². The Morgan fingerprint density at radius 1 is 1.52 bits per heavy atom. The van der Waals surface area contributed by atoms with Crippen LogP contribution in [0.25, 0.3) is 0 Å². The molecule has 0 aromatic carbocycles. The highest BCUT2D eigenvalue weighted by atomic mass is 35.5. The molecular formula is C15H23ClF3N3O2S. The molecule has 0 spiro atoms. The lowest BCUT2D eigenvalue weighted by Crippen LogP contribution is -2.75. The summed E-state index contributed by atoms with van der Waals surface area (Å²) in [6, 6.07) is 0. The van der Waals surface area contributed by atoms with Gasteiger partial charge < -0.3 is 15.8 Å². The number of ether oxygens (including phenoxy) is 1. The van der Waals surface area contributed by atoms with Crippen LogP contribution in [0.1, 0.15) is 37.9 Å². The molecule has 1 fully saturated rings. The van der Waals surface area contributed by atoms with Crippen LogP contribution < -0.4 is 11.1 Å². The average molecular weight is 402 g/mol. The van der Waals surface area contributed by atoms with E-state index in [-0.39, 0.29) is 37.4 Å². The zero-order chi connectivity index (χ0) is 18.2. The number of halogens is 4. The van der Waals surface area contributed by atoms with Crippen LogP contribution in [0.5, 0.6) is 0 Å². The molecule has 0 bridgehead atoms. The van der Waals surface area contributed by atoms with Gasteiger partial charge in [0.25, 0.3) is 0 Å². The van der Waals surface area contributed by atoms with Gasteiger partial charge in [-0.05, 0) is 6.92 Å². The molecule has 144 valence electrons. The first-order valence-electron chi connectivity index (χ1n) is 7.72. The molecule has 2 atom stereocenters. The number of nitrogens with one attached hydrogen (secondary N) is 1. The van der Waals surface area contributed by atoms with Crippen molar-refractivity contribution >= 4 is 29.7 Å². The van der Waals surface area contributed by atoms with Gasteiger partial charge in [-0.2, -0.15) is 13.2 Å². The summed E-state index contributed by atoms with van der Waals surface area (Å²) in [5, 5.41) is 4.01. The summed E-state index contributed by atoms with van der Waals surface area (Å²) in [7, 11) is 0. The standard InChI is InChI=1S/C15H22F3N3O2S.ClH/c1-4-23-10-7-14(19,13(10,2)3)12(22)20-6-5-11-21-9(8-24-11)15(16,17)18;/h8,10H,4-7,19H2,1-3H3,(H,20,22);1H. The van der Waals surface area contributed by atoms with Crippen LogP contribution in [0.3, 0.4) is 0 Å². The maximum atomic E-state index is 12.5. The molecule has 2 rings (SSSR count). The summed E-state index contributed by atoms with van der Waals surface area (Å²) in [4.78, 5) is 15.9. The number of rotatable bonds is 6. The molecule has 25 heavy (non-hydrogen) atoms. The lowest BCUT2D eigenvalue weighted by atomic mass is 9.54. The lowest BCUT2D eigenvalue weighted by molar-refractivity contribution is -0.170. The second kappa shape index (κ2) is 7.77. The Labute approximate surface area is 154 Å². The predicted molar refractivity (Wildman–Crippen MR) is 91.8 cm³/mol. The van der Waals surface area contributed by atoms with Crippen LogP contribution in [0.15, 0.2) is 5.38 Å². The lowest BCUT2D eigenvalue weighted by Gasteiger charge is -2.57. The largest absolute Gasteiger partial charge is 0.434 e. The van der Waals surface area contributed by atoms with Crippen molar-refractivity contribution in [3.63, 3.8) is 0 Å². The summed E-state index contributed by atoms with van der Waals surface area (Å²) >= 11 is 0.928. The molecule has 0 radical (unpaired) electrons. The average Bonchev–Trinajstić information content (AvgIpc) is 2.95. The number of amides is 1. The second-order valence-corrected chi connectivity index (χ2v) is 7.41. The molecule has 0 saturated heterocycles. The van der Waals surface area contributed by atoms with E-state index < -0.39 is 22.8 Å². The fourth-order valence-electron chi connectivity index (χ4n) is 2.82. The van der Waals surface area contributed by atoms with E-state index in [1.54, 1.807) is 0 Å². The van der Waals surface area contributed by atoms with Crippen molar-refractivity contribution in [3.8, 4) is 0 Å². The maximum Gasteiger partial charge on any atom is 0.434 e. The van der Waals surface area contributed by atoms with Gasteiger partial charge in [0.15, 0.2) is 5.69 Å². The van der Waals surface area contributed by atoms with Gasteiger partial charge in [0, 0.05) is 36.8 Å². The number of hydrogen-bond acceptors (Lipinski definition) is 5. The maximum absolute atomic E-state index is 12.5. The molecule has 1 aromatic rings. The van der Waals surface area contributed by atoms with E-state index in [2.05, 4.69) is 10.3 Å². The Morgan fingerprint density at radius 2 is 2.16 bits per heavy atom. The molecule has 10 heteroatoms. The van der Waals surface area contributed by atoms with Gasteiger partial charge in [-0.25, -0.2) is 4.98 Å². The Bertz CT molecular complexity index is 609. The first kappa shape index (κ1) is 22.1. The summed E-state index contributed by atoms with van der Waals surface area (Å²) in [6.07, 6.45) is -3.86. The number of aromatic nitrogens is 1. The van der Waals surface area contributed by atoms with Crippen LogP contribution in [-0.4, -0.2) is 35.7 Å². The van der Waals surface area contributed by atoms with E-state index in [1.807, 2.05) is 20.8 Å². The normalized spacial score (nSPS) is 25.0. The first-order valence-corrected chi connectivity index (χ1v) is 8.60. The third kappa shape index (κ3) is 4.27. The fraction of sp³-hybridized carbons (Fsp3) is 0.733. The molecule has 1 saturated carbocycles. The Hall–Kier alpha value is -0.900. The summed E-state index contributed by atoms with van der Waals surface area (Å²) in [5.74, 6) is -0.309. The fourth-order valence-corrected chi connectivity index (χ4v) is 3.62. The quantitative estimate of drug-likeness (QED) is 0.768. The number of alkyl halides is 3. The Balaban J connectivity index is 0.00000312.